The van der Waals surface area contributed by atoms with E-state index in [2.05, 4.69) is 4.84 Å². The normalized spacial score (nSPS) is 8.75. The lowest BCUT2D eigenvalue weighted by Gasteiger charge is -1.99. The molecule has 0 radical (unpaired) electrons. The van der Waals surface area contributed by atoms with Gasteiger partial charge in [0.15, 0.2) is 0 Å². The highest BCUT2D eigenvalue weighted by molar-refractivity contribution is 5.83. The van der Waals surface area contributed by atoms with Crippen LogP contribution in [0.25, 0.3) is 0 Å². The Balaban J connectivity index is 3.47. The second kappa shape index (κ2) is 5.11. The average molecular weight is 175 g/mol. The van der Waals surface area contributed by atoms with E-state index in [1.807, 2.05) is 0 Å². The van der Waals surface area contributed by atoms with Gasteiger partial charge in [0.1, 0.15) is 5.78 Å². The Morgan fingerprint density at radius 2 is 1.92 bits per heavy atom. The summed E-state index contributed by atoms with van der Waals surface area (Å²) in [6.07, 6.45) is -1.58. The summed E-state index contributed by atoms with van der Waals surface area (Å²) in [5.41, 5.74) is 1.65. The molecule has 6 nitrogen and oxygen atoms in total. The predicted octanol–water partition coefficient (Wildman–Crippen LogP) is 0.0814. The molecule has 0 saturated carbocycles. The van der Waals surface area contributed by atoms with Crippen molar-refractivity contribution in [1.82, 2.24) is 5.48 Å². The van der Waals surface area contributed by atoms with Gasteiger partial charge in [0.2, 0.25) is 0 Å². The number of amides is 1. The van der Waals surface area contributed by atoms with Gasteiger partial charge in [-0.05, 0) is 6.92 Å². The summed E-state index contributed by atoms with van der Waals surface area (Å²) in [7, 11) is 0. The lowest BCUT2D eigenvalue weighted by molar-refractivity contribution is -0.132. The van der Waals surface area contributed by atoms with E-state index >= 15 is 0 Å². The molecule has 6 heteroatoms. The van der Waals surface area contributed by atoms with Crippen LogP contribution in [0.2, 0.25) is 0 Å². The second-order valence-electron chi connectivity index (χ2n) is 2.10. The van der Waals surface area contributed by atoms with Crippen molar-refractivity contribution in [3.05, 3.63) is 0 Å². The van der Waals surface area contributed by atoms with Gasteiger partial charge >= 0.3 is 6.16 Å². The molecule has 0 heterocycles. The monoisotopic (exact) mass is 175 g/mol. The number of carboxylic acid groups (broad SMARTS) is 1. The van der Waals surface area contributed by atoms with Gasteiger partial charge in [-0.3, -0.25) is 4.79 Å². The number of nitrogens with one attached hydrogen (secondary N) is 1. The van der Waals surface area contributed by atoms with Crippen LogP contribution in [-0.2, 0) is 14.4 Å². The Morgan fingerprint density at radius 1 is 1.33 bits per heavy atom. The summed E-state index contributed by atoms with van der Waals surface area (Å²) in [5, 5.41) is 7.94. The zero-order valence-electron chi connectivity index (χ0n) is 6.49. The van der Waals surface area contributed by atoms with Gasteiger partial charge < -0.3 is 14.7 Å². The van der Waals surface area contributed by atoms with E-state index in [1.54, 1.807) is 5.48 Å². The first-order valence-corrected chi connectivity index (χ1v) is 3.20. The lowest BCUT2D eigenvalue weighted by Crippen LogP contribution is -2.26. The molecule has 0 fully saturated rings. The fourth-order valence-corrected chi connectivity index (χ4v) is 0.441. The molecular weight excluding hydrogens is 166 g/mol. The number of rotatable bonds is 3. The molecule has 0 bridgehead atoms. The van der Waals surface area contributed by atoms with Crippen molar-refractivity contribution >= 4 is 17.8 Å². The Hall–Kier alpha value is -1.59. The first kappa shape index (κ1) is 10.4. The lowest BCUT2D eigenvalue weighted by atomic mass is 10.2. The van der Waals surface area contributed by atoms with Crippen molar-refractivity contribution in [2.45, 2.75) is 19.8 Å². The minimum atomic E-state index is -1.59. The zero-order chi connectivity index (χ0) is 9.56. The van der Waals surface area contributed by atoms with Gasteiger partial charge in [-0.2, -0.15) is 5.48 Å². The molecule has 0 spiro atoms. The molecule has 0 aromatic heterocycles. The fourth-order valence-electron chi connectivity index (χ4n) is 0.441. The Labute approximate surface area is 68.5 Å². The molecular formula is C6H9NO5. The summed E-state index contributed by atoms with van der Waals surface area (Å²) < 4.78 is 0. The topological polar surface area (TPSA) is 92.7 Å². The van der Waals surface area contributed by atoms with E-state index in [4.69, 9.17) is 5.11 Å². The molecule has 0 rings (SSSR count). The number of carbonyl (C=O) groups excluding carboxylic acids is 2. The van der Waals surface area contributed by atoms with Crippen molar-refractivity contribution in [3.63, 3.8) is 0 Å². The standard InChI is InChI=1S/C6H9NO5/c1-4(8)2-3-5(9)7-12-6(10)11/h2-3H2,1H3,(H,7,9)(H,10,11). The number of hydrogen-bond donors (Lipinski definition) is 2. The number of hydrogen-bond acceptors (Lipinski definition) is 4. The van der Waals surface area contributed by atoms with Crippen LogP contribution in [-0.4, -0.2) is 23.0 Å². The summed E-state index contributed by atoms with van der Waals surface area (Å²) in [6.45, 7) is 1.34. The maximum absolute atomic E-state index is 10.6. The van der Waals surface area contributed by atoms with Crippen molar-refractivity contribution in [3.8, 4) is 0 Å². The van der Waals surface area contributed by atoms with Crippen LogP contribution < -0.4 is 5.48 Å². The van der Waals surface area contributed by atoms with Gasteiger partial charge in [-0.25, -0.2) is 4.79 Å². The molecule has 0 saturated heterocycles. The second-order valence-corrected chi connectivity index (χ2v) is 2.10. The minimum absolute atomic E-state index is 0.0669. The van der Waals surface area contributed by atoms with Crippen LogP contribution >= 0.6 is 0 Å². The van der Waals surface area contributed by atoms with Gasteiger partial charge in [0.25, 0.3) is 5.91 Å². The van der Waals surface area contributed by atoms with Gasteiger partial charge in [0, 0.05) is 12.8 Å². The van der Waals surface area contributed by atoms with Gasteiger partial charge in [-0.15, -0.1) is 0 Å². The van der Waals surface area contributed by atoms with Gasteiger partial charge in [0.05, 0.1) is 0 Å². The molecule has 0 atom stereocenters. The molecule has 0 aliphatic heterocycles. The summed E-state index contributed by atoms with van der Waals surface area (Å²) in [6, 6.07) is 0. The molecule has 1 amide bonds. The summed E-state index contributed by atoms with van der Waals surface area (Å²) in [5.74, 6) is -0.770. The smallest absolute Gasteiger partial charge is 0.448 e. The van der Waals surface area contributed by atoms with Crippen LogP contribution in [0.15, 0.2) is 0 Å². The Bertz CT molecular complexity index is 180. The SMILES string of the molecule is CC(=O)CCC(=O)NOC(=O)O. The third kappa shape index (κ3) is 6.53. The predicted molar refractivity (Wildman–Crippen MR) is 37.2 cm³/mol. The fraction of sp³-hybridized carbons (Fsp3) is 0.500. The van der Waals surface area contributed by atoms with Gasteiger partial charge in [-0.1, -0.05) is 0 Å². The highest BCUT2D eigenvalue weighted by atomic mass is 16.8. The van der Waals surface area contributed by atoms with Crippen LogP contribution in [0.5, 0.6) is 0 Å². The molecule has 0 aromatic carbocycles. The molecule has 12 heavy (non-hydrogen) atoms. The van der Waals surface area contributed by atoms with E-state index in [1.165, 1.54) is 6.92 Å². The summed E-state index contributed by atoms with van der Waals surface area (Å²) >= 11 is 0. The maximum atomic E-state index is 10.6. The van der Waals surface area contributed by atoms with E-state index in [-0.39, 0.29) is 18.6 Å². The summed E-state index contributed by atoms with van der Waals surface area (Å²) in [4.78, 5) is 34.4. The third-order valence-corrected chi connectivity index (χ3v) is 0.956. The maximum Gasteiger partial charge on any atom is 0.530 e. The Kier molecular flexibility index (Phi) is 4.43. The highest BCUT2D eigenvalue weighted by Crippen LogP contribution is 1.89. The van der Waals surface area contributed by atoms with E-state index in [0.29, 0.717) is 0 Å². The number of carbonyl (C=O) groups is 3. The van der Waals surface area contributed by atoms with Crippen LogP contribution in [0.4, 0.5) is 4.79 Å². The number of Topliss-reactive ketones (excluding diaryl/α,β-unsaturated/α-hetero) is 1. The van der Waals surface area contributed by atoms with Crippen molar-refractivity contribution in [2.75, 3.05) is 0 Å². The van der Waals surface area contributed by atoms with Crippen LogP contribution in [0, 0.1) is 0 Å². The Morgan fingerprint density at radius 3 is 2.33 bits per heavy atom. The van der Waals surface area contributed by atoms with Crippen LogP contribution in [0.1, 0.15) is 19.8 Å². The quantitative estimate of drug-likeness (QED) is 0.592. The molecule has 0 unspecified atom stereocenters. The largest absolute Gasteiger partial charge is 0.530 e. The molecule has 0 aromatic rings. The van der Waals surface area contributed by atoms with Crippen LogP contribution in [0.3, 0.4) is 0 Å². The molecule has 2 N–H and O–H groups in total. The first-order valence-electron chi connectivity index (χ1n) is 3.20. The van der Waals surface area contributed by atoms with Crippen molar-refractivity contribution in [1.29, 1.82) is 0 Å². The zero-order valence-corrected chi connectivity index (χ0v) is 6.49. The van der Waals surface area contributed by atoms with E-state index < -0.39 is 12.1 Å². The minimum Gasteiger partial charge on any atom is -0.448 e. The molecule has 0 aliphatic carbocycles. The van der Waals surface area contributed by atoms with E-state index in [0.717, 1.165) is 0 Å². The van der Waals surface area contributed by atoms with Crippen molar-refractivity contribution in [2.24, 2.45) is 0 Å². The van der Waals surface area contributed by atoms with Crippen molar-refractivity contribution < 1.29 is 24.3 Å². The van der Waals surface area contributed by atoms with E-state index in [9.17, 15) is 14.4 Å². The molecule has 0 aliphatic rings. The number of hydroxylamine groups is 1. The first-order chi connectivity index (χ1) is 5.52. The average Bonchev–Trinajstić information content (AvgIpc) is 1.96. The molecule has 68 valence electrons. The number of ketones is 1. The highest BCUT2D eigenvalue weighted by Gasteiger charge is 2.05. The third-order valence-electron chi connectivity index (χ3n) is 0.956.